The van der Waals surface area contributed by atoms with Gasteiger partial charge in [-0.15, -0.1) is 0 Å². The van der Waals surface area contributed by atoms with E-state index in [2.05, 4.69) is 16.7 Å². The summed E-state index contributed by atoms with van der Waals surface area (Å²) in [6.07, 6.45) is 1.99. The van der Waals surface area contributed by atoms with Crippen LogP contribution in [0, 0.1) is 17.2 Å². The second-order valence-electron chi connectivity index (χ2n) is 5.91. The van der Waals surface area contributed by atoms with Crippen molar-refractivity contribution < 1.29 is 4.79 Å². The van der Waals surface area contributed by atoms with Crippen LogP contribution in [-0.2, 0) is 4.79 Å². The van der Waals surface area contributed by atoms with Gasteiger partial charge in [-0.1, -0.05) is 29.3 Å². The second kappa shape index (κ2) is 6.87. The largest absolute Gasteiger partial charge is 0.337 e. The first-order valence-corrected chi connectivity index (χ1v) is 8.02. The molecule has 0 aromatic heterocycles. The Labute approximate surface area is 140 Å². The van der Waals surface area contributed by atoms with Gasteiger partial charge >= 0.3 is 0 Å². The summed E-state index contributed by atoms with van der Waals surface area (Å²) in [5.41, 5.74) is 0.115. The monoisotopic (exact) mass is 339 g/mol. The molecule has 2 rings (SSSR count). The maximum Gasteiger partial charge on any atom is 0.235 e. The number of hydrogen-bond acceptors (Lipinski definition) is 3. The summed E-state index contributed by atoms with van der Waals surface area (Å²) in [6.45, 7) is 3.83. The molecular weight excluding hydrogens is 321 g/mol. The molecule has 1 aliphatic rings. The average Bonchev–Trinajstić information content (AvgIpc) is 3.29. The molecule has 0 spiro atoms. The molecule has 0 aliphatic heterocycles. The van der Waals surface area contributed by atoms with Gasteiger partial charge in [0.2, 0.25) is 5.91 Å². The molecule has 0 bridgehead atoms. The Kier molecular flexibility index (Phi) is 5.33. The molecule has 22 heavy (non-hydrogen) atoms. The zero-order valence-electron chi connectivity index (χ0n) is 12.6. The first kappa shape index (κ1) is 17.1. The van der Waals surface area contributed by atoms with Gasteiger partial charge in [0.25, 0.3) is 0 Å². The van der Waals surface area contributed by atoms with Gasteiger partial charge in [0.05, 0.1) is 12.6 Å². The van der Waals surface area contributed by atoms with Crippen LogP contribution in [0.15, 0.2) is 18.2 Å². The lowest BCUT2D eigenvalue weighted by atomic mass is 9.98. The van der Waals surface area contributed by atoms with Crippen molar-refractivity contribution in [1.82, 2.24) is 10.6 Å². The fraction of sp³-hybridized carbons (Fsp3) is 0.500. The van der Waals surface area contributed by atoms with Crippen molar-refractivity contribution in [3.8, 4) is 6.07 Å². The lowest BCUT2D eigenvalue weighted by Crippen LogP contribution is -2.49. The number of carbonyl (C=O) groups is 1. The number of halogens is 2. The Balaban J connectivity index is 1.89. The van der Waals surface area contributed by atoms with Crippen LogP contribution in [0.25, 0.3) is 0 Å². The van der Waals surface area contributed by atoms with Crippen LogP contribution in [0.4, 0.5) is 0 Å². The number of benzene rings is 1. The predicted molar refractivity (Wildman–Crippen MR) is 87.8 cm³/mol. The smallest absolute Gasteiger partial charge is 0.235 e. The highest BCUT2D eigenvalue weighted by Gasteiger charge is 2.42. The van der Waals surface area contributed by atoms with Crippen LogP contribution in [-0.4, -0.2) is 18.0 Å². The van der Waals surface area contributed by atoms with Crippen molar-refractivity contribution in [2.45, 2.75) is 38.3 Å². The topological polar surface area (TPSA) is 64.9 Å². The highest BCUT2D eigenvalue weighted by atomic mass is 35.5. The first-order chi connectivity index (χ1) is 10.4. The Morgan fingerprint density at radius 1 is 1.50 bits per heavy atom. The summed E-state index contributed by atoms with van der Waals surface area (Å²) >= 11 is 12.0. The summed E-state index contributed by atoms with van der Waals surface area (Å²) in [7, 11) is 0. The zero-order chi connectivity index (χ0) is 16.3. The minimum absolute atomic E-state index is 0.0928. The van der Waals surface area contributed by atoms with Crippen molar-refractivity contribution >= 4 is 29.1 Å². The van der Waals surface area contributed by atoms with Crippen molar-refractivity contribution in [3.63, 3.8) is 0 Å². The molecule has 1 aromatic rings. The standard InChI is InChI=1S/C16H19Cl2N3O/c1-10(13-6-5-12(17)7-14(13)18)20-8-15(22)21-16(2,9-19)11-3-4-11/h5-7,10-11,20H,3-4,8H2,1-2H3,(H,21,22)/t10-,16+/m0/s1. The maximum absolute atomic E-state index is 12.0. The van der Waals surface area contributed by atoms with Crippen LogP contribution >= 0.6 is 23.2 Å². The Morgan fingerprint density at radius 3 is 2.73 bits per heavy atom. The minimum atomic E-state index is -0.764. The summed E-state index contributed by atoms with van der Waals surface area (Å²) in [4.78, 5) is 12.0. The van der Waals surface area contributed by atoms with Gasteiger partial charge in [-0.3, -0.25) is 4.79 Å². The third kappa shape index (κ3) is 4.13. The van der Waals surface area contributed by atoms with E-state index in [4.69, 9.17) is 23.2 Å². The number of nitrogens with zero attached hydrogens (tertiary/aromatic N) is 1. The number of nitriles is 1. The Bertz CT molecular complexity index is 610. The first-order valence-electron chi connectivity index (χ1n) is 7.26. The Hall–Kier alpha value is -1.28. The lowest BCUT2D eigenvalue weighted by Gasteiger charge is -2.23. The minimum Gasteiger partial charge on any atom is -0.337 e. The SMILES string of the molecule is C[C@H](NCC(=O)N[C@](C)(C#N)C1CC1)c1ccc(Cl)cc1Cl. The zero-order valence-corrected chi connectivity index (χ0v) is 14.1. The molecule has 0 radical (unpaired) electrons. The van der Waals surface area contributed by atoms with Gasteiger partial charge < -0.3 is 10.6 Å². The quantitative estimate of drug-likeness (QED) is 0.834. The van der Waals surface area contributed by atoms with Gasteiger partial charge in [0.15, 0.2) is 0 Å². The van der Waals surface area contributed by atoms with Crippen LogP contribution in [0.1, 0.15) is 38.3 Å². The molecule has 1 fully saturated rings. The molecule has 2 atom stereocenters. The third-order valence-electron chi connectivity index (χ3n) is 4.02. The fourth-order valence-electron chi connectivity index (χ4n) is 2.42. The average molecular weight is 340 g/mol. The Morgan fingerprint density at radius 2 is 2.18 bits per heavy atom. The van der Waals surface area contributed by atoms with E-state index in [9.17, 15) is 10.1 Å². The van der Waals surface area contributed by atoms with Gasteiger partial charge in [-0.2, -0.15) is 5.26 Å². The van der Waals surface area contributed by atoms with E-state index < -0.39 is 5.54 Å². The van der Waals surface area contributed by atoms with E-state index in [1.807, 2.05) is 13.0 Å². The summed E-state index contributed by atoms with van der Waals surface area (Å²) in [5.74, 6) is 0.0810. The van der Waals surface area contributed by atoms with Crippen LogP contribution in [0.3, 0.4) is 0 Å². The molecule has 0 heterocycles. The number of rotatable bonds is 6. The maximum atomic E-state index is 12.0. The van der Waals surface area contributed by atoms with E-state index in [0.29, 0.717) is 10.0 Å². The van der Waals surface area contributed by atoms with E-state index >= 15 is 0 Å². The normalized spacial score (nSPS) is 18.1. The van der Waals surface area contributed by atoms with Crippen LogP contribution in [0.5, 0.6) is 0 Å². The molecule has 118 valence electrons. The van der Waals surface area contributed by atoms with Crippen molar-refractivity contribution in [1.29, 1.82) is 5.26 Å². The van der Waals surface area contributed by atoms with Crippen LogP contribution < -0.4 is 10.6 Å². The number of carbonyl (C=O) groups excluding carboxylic acids is 1. The molecule has 1 saturated carbocycles. The predicted octanol–water partition coefficient (Wildman–Crippen LogP) is 3.45. The summed E-state index contributed by atoms with van der Waals surface area (Å²) in [6, 6.07) is 7.40. The van der Waals surface area contributed by atoms with Crippen molar-refractivity contribution in [3.05, 3.63) is 33.8 Å². The van der Waals surface area contributed by atoms with E-state index in [0.717, 1.165) is 18.4 Å². The molecule has 4 nitrogen and oxygen atoms in total. The highest BCUT2D eigenvalue weighted by Crippen LogP contribution is 2.39. The summed E-state index contributed by atoms with van der Waals surface area (Å²) < 4.78 is 0. The molecule has 1 aliphatic carbocycles. The molecule has 6 heteroatoms. The number of amides is 1. The second-order valence-corrected chi connectivity index (χ2v) is 6.75. The van der Waals surface area contributed by atoms with Gasteiger partial charge in [-0.25, -0.2) is 0 Å². The molecule has 2 N–H and O–H groups in total. The lowest BCUT2D eigenvalue weighted by molar-refractivity contribution is -0.121. The molecule has 0 saturated heterocycles. The van der Waals surface area contributed by atoms with Crippen molar-refractivity contribution in [2.24, 2.45) is 5.92 Å². The molecule has 0 unspecified atom stereocenters. The summed E-state index contributed by atoms with van der Waals surface area (Å²) in [5, 5.41) is 16.3. The fourth-order valence-corrected chi connectivity index (χ4v) is 3.00. The van der Waals surface area contributed by atoms with Gasteiger partial charge in [0, 0.05) is 16.1 Å². The van der Waals surface area contributed by atoms with E-state index in [-0.39, 0.29) is 24.4 Å². The third-order valence-corrected chi connectivity index (χ3v) is 4.59. The highest BCUT2D eigenvalue weighted by molar-refractivity contribution is 6.35. The van der Waals surface area contributed by atoms with E-state index in [1.54, 1.807) is 19.1 Å². The van der Waals surface area contributed by atoms with Gasteiger partial charge in [0.1, 0.15) is 5.54 Å². The molecule has 1 aromatic carbocycles. The molecule has 1 amide bonds. The molecular formula is C16H19Cl2N3O. The number of hydrogen-bond donors (Lipinski definition) is 2. The van der Waals surface area contributed by atoms with E-state index in [1.165, 1.54) is 0 Å². The van der Waals surface area contributed by atoms with Crippen molar-refractivity contribution in [2.75, 3.05) is 6.54 Å². The van der Waals surface area contributed by atoms with Gasteiger partial charge in [-0.05, 0) is 50.3 Å². The number of nitrogens with one attached hydrogen (secondary N) is 2. The van der Waals surface area contributed by atoms with Crippen LogP contribution in [0.2, 0.25) is 10.0 Å².